The smallest absolute Gasteiger partial charge is 0.160 e. The van der Waals surface area contributed by atoms with E-state index < -0.39 is 0 Å². The molecule has 0 fully saturated rings. The summed E-state index contributed by atoms with van der Waals surface area (Å²) in [6.07, 6.45) is 3.90. The van der Waals surface area contributed by atoms with Crippen LogP contribution in [0.4, 0.5) is 4.39 Å². The number of carbonyl (C=O) groups excluding carboxylic acids is 1. The van der Waals surface area contributed by atoms with Crippen LogP contribution in [0.1, 0.15) is 37.8 Å². The van der Waals surface area contributed by atoms with Gasteiger partial charge in [0.15, 0.2) is 5.78 Å². The fraction of sp³-hybridized carbons (Fsp3) is 0.400. The molecule has 1 nitrogen and oxygen atoms in total. The molecule has 0 aliphatic carbocycles. The maximum absolute atomic E-state index is 12.9. The summed E-state index contributed by atoms with van der Waals surface area (Å²) in [6.45, 7) is 5.92. The van der Waals surface area contributed by atoms with Gasteiger partial charge in [0.1, 0.15) is 5.82 Å². The topological polar surface area (TPSA) is 17.1 Å². The van der Waals surface area contributed by atoms with E-state index in [9.17, 15) is 9.18 Å². The maximum Gasteiger partial charge on any atom is 0.160 e. The molecule has 0 atom stereocenters. The highest BCUT2D eigenvalue weighted by Gasteiger charge is 2.05. The molecule has 0 amide bonds. The largest absolute Gasteiger partial charge is 0.294 e. The standard InChI is InChI=1S/C15H19FO/c1-4-12(5-2)9-15(17)10-13-6-7-14(16)8-11(13)3/h6-9H,4-5,10H2,1-3H3. The summed E-state index contributed by atoms with van der Waals surface area (Å²) in [5.74, 6) is -0.157. The number of aryl methyl sites for hydroxylation is 1. The van der Waals surface area contributed by atoms with Crippen LogP contribution in [-0.4, -0.2) is 5.78 Å². The Balaban J connectivity index is 2.78. The lowest BCUT2D eigenvalue weighted by Crippen LogP contribution is -2.02. The predicted octanol–water partition coefficient (Wildman–Crippen LogP) is 3.99. The second kappa shape index (κ2) is 6.33. The Labute approximate surface area is 102 Å². The Morgan fingerprint density at radius 3 is 2.47 bits per heavy atom. The van der Waals surface area contributed by atoms with Crippen LogP contribution < -0.4 is 0 Å². The minimum absolute atomic E-state index is 0.0957. The van der Waals surface area contributed by atoms with Crippen LogP contribution in [0.25, 0.3) is 0 Å². The van der Waals surface area contributed by atoms with Gasteiger partial charge in [-0.25, -0.2) is 4.39 Å². The fourth-order valence-electron chi connectivity index (χ4n) is 1.78. The summed E-state index contributed by atoms with van der Waals surface area (Å²) < 4.78 is 12.9. The number of halogens is 1. The monoisotopic (exact) mass is 234 g/mol. The first-order valence-corrected chi connectivity index (χ1v) is 6.04. The zero-order valence-corrected chi connectivity index (χ0v) is 10.7. The molecule has 0 saturated heterocycles. The van der Waals surface area contributed by atoms with Crippen molar-refractivity contribution in [2.75, 3.05) is 0 Å². The number of carbonyl (C=O) groups is 1. The minimum Gasteiger partial charge on any atom is -0.294 e. The van der Waals surface area contributed by atoms with Gasteiger partial charge in [0.2, 0.25) is 0 Å². The molecule has 0 N–H and O–H groups in total. The van der Waals surface area contributed by atoms with Crippen LogP contribution >= 0.6 is 0 Å². The molecule has 0 radical (unpaired) electrons. The van der Waals surface area contributed by atoms with Crippen molar-refractivity contribution in [1.29, 1.82) is 0 Å². The number of allylic oxidation sites excluding steroid dienone is 2. The number of ketones is 1. The van der Waals surface area contributed by atoms with Crippen LogP contribution in [-0.2, 0) is 11.2 Å². The van der Waals surface area contributed by atoms with Gasteiger partial charge in [0, 0.05) is 6.42 Å². The van der Waals surface area contributed by atoms with Crippen molar-refractivity contribution >= 4 is 5.78 Å². The first-order chi connectivity index (χ1) is 8.06. The fourth-order valence-corrected chi connectivity index (χ4v) is 1.78. The molecular formula is C15H19FO. The van der Waals surface area contributed by atoms with Crippen molar-refractivity contribution in [2.24, 2.45) is 0 Å². The van der Waals surface area contributed by atoms with E-state index >= 15 is 0 Å². The molecule has 0 heterocycles. The Morgan fingerprint density at radius 1 is 1.29 bits per heavy atom. The van der Waals surface area contributed by atoms with Crippen LogP contribution in [0.5, 0.6) is 0 Å². The number of hydrogen-bond acceptors (Lipinski definition) is 1. The molecule has 0 aliphatic rings. The average Bonchev–Trinajstić information content (AvgIpc) is 2.29. The number of rotatable bonds is 5. The Kier molecular flexibility index (Phi) is 5.08. The summed E-state index contributed by atoms with van der Waals surface area (Å²) >= 11 is 0. The van der Waals surface area contributed by atoms with Gasteiger partial charge in [-0.05, 0) is 49.1 Å². The molecule has 1 aromatic carbocycles. The normalized spacial score (nSPS) is 10.1. The van der Waals surface area contributed by atoms with Crippen LogP contribution in [0, 0.1) is 12.7 Å². The van der Waals surface area contributed by atoms with Crippen molar-refractivity contribution in [3.8, 4) is 0 Å². The summed E-state index contributed by atoms with van der Waals surface area (Å²) in [4.78, 5) is 11.8. The average molecular weight is 234 g/mol. The van der Waals surface area contributed by atoms with Crippen molar-refractivity contribution in [1.82, 2.24) is 0 Å². The van der Waals surface area contributed by atoms with E-state index in [-0.39, 0.29) is 11.6 Å². The molecule has 0 spiro atoms. The van der Waals surface area contributed by atoms with E-state index in [2.05, 4.69) is 0 Å². The highest BCUT2D eigenvalue weighted by atomic mass is 19.1. The second-order valence-electron chi connectivity index (χ2n) is 4.22. The van der Waals surface area contributed by atoms with Gasteiger partial charge in [0.05, 0.1) is 0 Å². The van der Waals surface area contributed by atoms with E-state index in [1.165, 1.54) is 12.1 Å². The predicted molar refractivity (Wildman–Crippen MR) is 68.5 cm³/mol. The highest BCUT2D eigenvalue weighted by Crippen LogP contribution is 2.13. The third-order valence-electron chi connectivity index (χ3n) is 2.94. The molecule has 1 rings (SSSR count). The molecule has 0 saturated carbocycles. The summed E-state index contributed by atoms with van der Waals surface area (Å²) in [5, 5.41) is 0. The zero-order chi connectivity index (χ0) is 12.8. The number of hydrogen-bond donors (Lipinski definition) is 0. The highest BCUT2D eigenvalue weighted by molar-refractivity contribution is 5.92. The molecule has 0 aromatic heterocycles. The first kappa shape index (κ1) is 13.6. The molecule has 1 aromatic rings. The molecule has 2 heteroatoms. The first-order valence-electron chi connectivity index (χ1n) is 6.04. The third-order valence-corrected chi connectivity index (χ3v) is 2.94. The maximum atomic E-state index is 12.9. The van der Waals surface area contributed by atoms with Gasteiger partial charge < -0.3 is 0 Å². The molecule has 17 heavy (non-hydrogen) atoms. The van der Waals surface area contributed by atoms with Crippen molar-refractivity contribution in [3.63, 3.8) is 0 Å². The van der Waals surface area contributed by atoms with E-state index in [1.54, 1.807) is 12.1 Å². The lowest BCUT2D eigenvalue weighted by molar-refractivity contribution is -0.114. The van der Waals surface area contributed by atoms with E-state index in [4.69, 9.17) is 0 Å². The quantitative estimate of drug-likeness (QED) is 0.704. The van der Waals surface area contributed by atoms with Crippen LogP contribution in [0.3, 0.4) is 0 Å². The minimum atomic E-state index is -0.253. The van der Waals surface area contributed by atoms with E-state index in [0.29, 0.717) is 6.42 Å². The third kappa shape index (κ3) is 4.14. The van der Waals surface area contributed by atoms with Gasteiger partial charge in [-0.15, -0.1) is 0 Å². The van der Waals surface area contributed by atoms with Crippen molar-refractivity contribution < 1.29 is 9.18 Å². The van der Waals surface area contributed by atoms with Crippen LogP contribution in [0.2, 0.25) is 0 Å². The molecular weight excluding hydrogens is 215 g/mol. The SMILES string of the molecule is CCC(=CC(=O)Cc1ccc(F)cc1C)CC. The second-order valence-corrected chi connectivity index (χ2v) is 4.22. The van der Waals surface area contributed by atoms with Crippen molar-refractivity contribution in [3.05, 3.63) is 46.8 Å². The summed E-state index contributed by atoms with van der Waals surface area (Å²) in [5.41, 5.74) is 2.90. The lowest BCUT2D eigenvalue weighted by Gasteiger charge is -2.04. The number of benzene rings is 1. The molecule has 0 unspecified atom stereocenters. The van der Waals surface area contributed by atoms with E-state index in [0.717, 1.165) is 29.5 Å². The van der Waals surface area contributed by atoms with Gasteiger partial charge in [0.25, 0.3) is 0 Å². The van der Waals surface area contributed by atoms with E-state index in [1.807, 2.05) is 20.8 Å². The van der Waals surface area contributed by atoms with Crippen molar-refractivity contribution in [2.45, 2.75) is 40.0 Å². The van der Waals surface area contributed by atoms with Gasteiger partial charge in [-0.3, -0.25) is 4.79 Å². The summed E-state index contributed by atoms with van der Waals surface area (Å²) in [7, 11) is 0. The van der Waals surface area contributed by atoms with Gasteiger partial charge >= 0.3 is 0 Å². The lowest BCUT2D eigenvalue weighted by atomic mass is 10.0. The molecule has 92 valence electrons. The zero-order valence-electron chi connectivity index (χ0n) is 10.7. The Morgan fingerprint density at radius 2 is 1.94 bits per heavy atom. The van der Waals surface area contributed by atoms with Crippen LogP contribution in [0.15, 0.2) is 29.8 Å². The Hall–Kier alpha value is -1.44. The van der Waals surface area contributed by atoms with Gasteiger partial charge in [-0.1, -0.05) is 25.5 Å². The summed E-state index contributed by atoms with van der Waals surface area (Å²) in [6, 6.07) is 4.56. The molecule has 0 aliphatic heterocycles. The molecule has 0 bridgehead atoms. The van der Waals surface area contributed by atoms with Gasteiger partial charge in [-0.2, -0.15) is 0 Å². The Bertz CT molecular complexity index is 427.